The van der Waals surface area contributed by atoms with Crippen LogP contribution in [0.5, 0.6) is 0 Å². The van der Waals surface area contributed by atoms with Crippen LogP contribution >= 0.6 is 0 Å². The van der Waals surface area contributed by atoms with Gasteiger partial charge in [0.25, 0.3) is 0 Å². The Bertz CT molecular complexity index is 635. The summed E-state index contributed by atoms with van der Waals surface area (Å²) in [6.07, 6.45) is 13.4. The lowest BCUT2D eigenvalue weighted by Gasteiger charge is -2.11. The molecule has 1 unspecified atom stereocenters. The number of benzene rings is 1. The van der Waals surface area contributed by atoms with Gasteiger partial charge in [-0.3, -0.25) is 0 Å². The molecule has 0 saturated carbocycles. The maximum Gasteiger partial charge on any atom is -0.0190 e. The lowest BCUT2D eigenvalue weighted by molar-refractivity contribution is 0.582. The van der Waals surface area contributed by atoms with Crippen molar-refractivity contribution in [3.63, 3.8) is 0 Å². The largest absolute Gasteiger partial charge is 0.0991 e. The second kappa shape index (κ2) is 10.4. The van der Waals surface area contributed by atoms with Gasteiger partial charge in [0.2, 0.25) is 0 Å². The molecule has 24 heavy (non-hydrogen) atoms. The van der Waals surface area contributed by atoms with Crippen LogP contribution in [0.3, 0.4) is 0 Å². The maximum atomic E-state index is 4.18. The minimum atomic E-state index is 0.524. The van der Waals surface area contributed by atoms with E-state index >= 15 is 0 Å². The monoisotopic (exact) mass is 318 g/mol. The Morgan fingerprint density at radius 3 is 2.00 bits per heavy atom. The topological polar surface area (TPSA) is 0 Å². The molecule has 0 saturated heterocycles. The van der Waals surface area contributed by atoms with Gasteiger partial charge in [-0.25, -0.2) is 0 Å². The summed E-state index contributed by atoms with van der Waals surface area (Å²) in [4.78, 5) is 0. The molecule has 0 spiro atoms. The van der Waals surface area contributed by atoms with Crippen LogP contribution in [-0.4, -0.2) is 0 Å². The normalized spacial score (nSPS) is 12.4. The molecule has 1 atom stereocenters. The average Bonchev–Trinajstić information content (AvgIpc) is 2.61. The fourth-order valence-corrected chi connectivity index (χ4v) is 2.34. The van der Waals surface area contributed by atoms with Gasteiger partial charge < -0.3 is 0 Å². The van der Waals surface area contributed by atoms with Crippen molar-refractivity contribution < 1.29 is 0 Å². The van der Waals surface area contributed by atoms with Gasteiger partial charge in [-0.1, -0.05) is 113 Å². The number of hydrogen-bond donors (Lipinski definition) is 0. The van der Waals surface area contributed by atoms with Crippen LogP contribution in [0, 0.1) is 5.92 Å². The van der Waals surface area contributed by atoms with E-state index in [4.69, 9.17) is 0 Å². The zero-order valence-corrected chi connectivity index (χ0v) is 15.2. The molecular formula is C24H30. The van der Waals surface area contributed by atoms with Gasteiger partial charge in [0.05, 0.1) is 0 Å². The standard InChI is InChI=1S/C24H30/c1-7-9-11-19(3)20(4)13-14-22(6)24-17-15-23(16-18-24)21(5)12-10-8-2/h8,10,12-19H,2,4-7,9,11H2,1,3H3/b12-10-,14-13-. The highest BCUT2D eigenvalue weighted by Gasteiger charge is 2.03. The summed E-state index contributed by atoms with van der Waals surface area (Å²) < 4.78 is 0. The zero-order valence-electron chi connectivity index (χ0n) is 15.2. The van der Waals surface area contributed by atoms with Gasteiger partial charge in [-0.05, 0) is 34.6 Å². The fourth-order valence-electron chi connectivity index (χ4n) is 2.34. The first kappa shape index (κ1) is 19.7. The summed E-state index contributed by atoms with van der Waals surface area (Å²) in [5.41, 5.74) is 5.36. The number of allylic oxidation sites excluding steroid dienone is 8. The van der Waals surface area contributed by atoms with Crippen molar-refractivity contribution in [3.05, 3.63) is 97.7 Å². The first-order chi connectivity index (χ1) is 11.5. The highest BCUT2D eigenvalue weighted by molar-refractivity contribution is 5.76. The van der Waals surface area contributed by atoms with E-state index < -0.39 is 0 Å². The lowest BCUT2D eigenvalue weighted by Crippen LogP contribution is -1.95. The molecule has 0 aliphatic rings. The predicted molar refractivity (Wildman–Crippen MR) is 111 cm³/mol. The van der Waals surface area contributed by atoms with E-state index in [2.05, 4.69) is 76.6 Å². The Hall–Kier alpha value is -2.34. The summed E-state index contributed by atoms with van der Waals surface area (Å²) in [6, 6.07) is 8.31. The molecule has 0 nitrogen and oxygen atoms in total. The third-order valence-corrected chi connectivity index (χ3v) is 4.18. The number of rotatable bonds is 10. The highest BCUT2D eigenvalue weighted by Crippen LogP contribution is 2.22. The Morgan fingerprint density at radius 1 is 0.958 bits per heavy atom. The van der Waals surface area contributed by atoms with Crippen LogP contribution < -0.4 is 0 Å². The van der Waals surface area contributed by atoms with Crippen LogP contribution in [0.25, 0.3) is 11.1 Å². The molecular weight excluding hydrogens is 288 g/mol. The third-order valence-electron chi connectivity index (χ3n) is 4.18. The maximum absolute atomic E-state index is 4.18. The Balaban J connectivity index is 2.70. The van der Waals surface area contributed by atoms with E-state index in [0.29, 0.717) is 5.92 Å². The van der Waals surface area contributed by atoms with Crippen molar-refractivity contribution in [1.29, 1.82) is 0 Å². The molecule has 0 aromatic heterocycles. The van der Waals surface area contributed by atoms with Crippen molar-refractivity contribution in [2.24, 2.45) is 5.92 Å². The molecule has 0 aliphatic carbocycles. The van der Waals surface area contributed by atoms with E-state index in [1.165, 1.54) is 24.8 Å². The zero-order chi connectivity index (χ0) is 17.9. The van der Waals surface area contributed by atoms with E-state index in [1.54, 1.807) is 6.08 Å². The van der Waals surface area contributed by atoms with Crippen molar-refractivity contribution in [2.75, 3.05) is 0 Å². The van der Waals surface area contributed by atoms with Gasteiger partial charge in [-0.2, -0.15) is 0 Å². The van der Waals surface area contributed by atoms with Gasteiger partial charge >= 0.3 is 0 Å². The van der Waals surface area contributed by atoms with Crippen molar-refractivity contribution >= 4 is 11.1 Å². The average molecular weight is 319 g/mol. The van der Waals surface area contributed by atoms with E-state index in [0.717, 1.165) is 22.3 Å². The Kier molecular flexibility index (Phi) is 8.57. The van der Waals surface area contributed by atoms with Gasteiger partial charge in [0, 0.05) is 0 Å². The third kappa shape index (κ3) is 6.42. The summed E-state index contributed by atoms with van der Waals surface area (Å²) in [6.45, 7) is 20.5. The van der Waals surface area contributed by atoms with Gasteiger partial charge in [0.1, 0.15) is 0 Å². The van der Waals surface area contributed by atoms with Crippen molar-refractivity contribution in [1.82, 2.24) is 0 Å². The molecule has 0 aliphatic heterocycles. The molecule has 0 amide bonds. The molecule has 0 N–H and O–H groups in total. The molecule has 1 aromatic carbocycles. The van der Waals surface area contributed by atoms with E-state index in [1.807, 2.05) is 12.2 Å². The molecule has 0 heteroatoms. The quantitative estimate of drug-likeness (QED) is 0.394. The minimum absolute atomic E-state index is 0.524. The van der Waals surface area contributed by atoms with Gasteiger partial charge in [-0.15, -0.1) is 0 Å². The van der Waals surface area contributed by atoms with Gasteiger partial charge in [0.15, 0.2) is 0 Å². The van der Waals surface area contributed by atoms with Crippen LogP contribution in [0.4, 0.5) is 0 Å². The molecule has 1 rings (SSSR count). The number of unbranched alkanes of at least 4 members (excludes halogenated alkanes) is 1. The first-order valence-corrected chi connectivity index (χ1v) is 8.64. The molecule has 0 bridgehead atoms. The number of hydrogen-bond acceptors (Lipinski definition) is 0. The molecule has 1 aromatic rings. The second-order valence-electron chi connectivity index (χ2n) is 6.17. The Morgan fingerprint density at radius 2 is 1.50 bits per heavy atom. The Labute approximate surface area is 148 Å². The summed E-state index contributed by atoms with van der Waals surface area (Å²) in [5.74, 6) is 0.524. The summed E-state index contributed by atoms with van der Waals surface area (Å²) >= 11 is 0. The smallest absolute Gasteiger partial charge is 0.0190 e. The van der Waals surface area contributed by atoms with Crippen molar-refractivity contribution in [2.45, 2.75) is 33.1 Å². The fraction of sp³-hybridized carbons (Fsp3) is 0.250. The molecule has 0 fully saturated rings. The van der Waals surface area contributed by atoms with E-state index in [9.17, 15) is 0 Å². The second-order valence-corrected chi connectivity index (χ2v) is 6.17. The summed E-state index contributed by atoms with van der Waals surface area (Å²) in [7, 11) is 0. The lowest BCUT2D eigenvalue weighted by atomic mass is 9.95. The molecule has 0 radical (unpaired) electrons. The van der Waals surface area contributed by atoms with Crippen LogP contribution in [0.2, 0.25) is 0 Å². The summed E-state index contributed by atoms with van der Waals surface area (Å²) in [5, 5.41) is 0. The predicted octanol–water partition coefficient (Wildman–Crippen LogP) is 7.39. The SMILES string of the molecule is C=C/C=C\C(=C)c1ccc(C(=C)/C=C\C(=C)C(C)CCCC)cc1. The van der Waals surface area contributed by atoms with E-state index in [-0.39, 0.29) is 0 Å². The van der Waals surface area contributed by atoms with Crippen LogP contribution in [0.15, 0.2) is 86.5 Å². The van der Waals surface area contributed by atoms with Crippen molar-refractivity contribution in [3.8, 4) is 0 Å². The minimum Gasteiger partial charge on any atom is -0.0991 e. The highest BCUT2D eigenvalue weighted by atomic mass is 14.1. The van der Waals surface area contributed by atoms with Crippen LogP contribution in [-0.2, 0) is 0 Å². The molecule has 0 heterocycles. The molecule has 126 valence electrons. The van der Waals surface area contributed by atoms with Crippen LogP contribution in [0.1, 0.15) is 44.2 Å². The first-order valence-electron chi connectivity index (χ1n) is 8.64.